The van der Waals surface area contributed by atoms with Crippen LogP contribution in [-0.4, -0.2) is 23.0 Å². The maximum Gasteiger partial charge on any atom is 0.348 e. The molecular weight excluding hydrogens is 206 g/mol. The summed E-state index contributed by atoms with van der Waals surface area (Å²) in [6, 6.07) is 1.79. The number of aromatic nitrogens is 2. The summed E-state index contributed by atoms with van der Waals surface area (Å²) >= 11 is 0. The first-order valence-corrected chi connectivity index (χ1v) is 4.71. The highest BCUT2D eigenvalue weighted by molar-refractivity contribution is 5.92. The second kappa shape index (κ2) is 6.30. The Kier molecular flexibility index (Phi) is 4.67. The number of allylic oxidation sites excluding steroid dienone is 1. The number of nitrogens with zero attached hydrogens (tertiary/aromatic N) is 3. The number of carbonyl (C=O) groups excluding carboxylic acids is 1. The Morgan fingerprint density at radius 2 is 2.44 bits per heavy atom. The van der Waals surface area contributed by atoms with Gasteiger partial charge in [-0.1, -0.05) is 6.08 Å². The van der Waals surface area contributed by atoms with Crippen LogP contribution in [0.4, 0.5) is 0 Å². The first-order chi connectivity index (χ1) is 7.77. The van der Waals surface area contributed by atoms with E-state index in [0.717, 1.165) is 5.69 Å². The second-order valence-corrected chi connectivity index (χ2v) is 2.96. The molecule has 0 aliphatic rings. The quantitative estimate of drug-likeness (QED) is 0.427. The lowest BCUT2D eigenvalue weighted by Crippen LogP contribution is -2.03. The zero-order valence-electron chi connectivity index (χ0n) is 8.88. The van der Waals surface area contributed by atoms with Crippen LogP contribution in [0, 0.1) is 11.3 Å². The summed E-state index contributed by atoms with van der Waals surface area (Å²) < 4.78 is 4.45. The van der Waals surface area contributed by atoms with Crippen molar-refractivity contribution in [2.24, 2.45) is 0 Å². The van der Waals surface area contributed by atoms with Gasteiger partial charge in [0.25, 0.3) is 0 Å². The number of carbonyl (C=O) groups is 1. The lowest BCUT2D eigenvalue weighted by atomic mass is 10.2. The van der Waals surface area contributed by atoms with Crippen LogP contribution < -0.4 is 0 Å². The van der Waals surface area contributed by atoms with E-state index < -0.39 is 5.97 Å². The van der Waals surface area contributed by atoms with Gasteiger partial charge in [0.2, 0.25) is 0 Å². The number of hydrogen-bond donors (Lipinski definition) is 0. The highest BCUT2D eigenvalue weighted by atomic mass is 16.5. The fourth-order valence-corrected chi connectivity index (χ4v) is 1.11. The molecule has 5 heteroatoms. The molecule has 0 fully saturated rings. The van der Waals surface area contributed by atoms with Crippen LogP contribution in [-0.2, 0) is 16.0 Å². The number of hydrogen-bond acceptors (Lipinski definition) is 5. The van der Waals surface area contributed by atoms with Crippen molar-refractivity contribution in [3.63, 3.8) is 0 Å². The van der Waals surface area contributed by atoms with Crippen molar-refractivity contribution in [1.82, 2.24) is 9.97 Å². The Balaban J connectivity index is 2.54. The van der Waals surface area contributed by atoms with E-state index in [-0.39, 0.29) is 5.57 Å². The molecule has 82 valence electrons. The summed E-state index contributed by atoms with van der Waals surface area (Å²) in [6.45, 7) is 0. The van der Waals surface area contributed by atoms with Gasteiger partial charge in [0.05, 0.1) is 12.8 Å². The molecule has 0 N–H and O–H groups in total. The van der Waals surface area contributed by atoms with Crippen LogP contribution >= 0.6 is 0 Å². The van der Waals surface area contributed by atoms with Crippen LogP contribution in [0.3, 0.4) is 0 Å². The fourth-order valence-electron chi connectivity index (χ4n) is 1.11. The average molecular weight is 217 g/mol. The Hall–Kier alpha value is -2.22. The molecular formula is C11H11N3O2. The van der Waals surface area contributed by atoms with Gasteiger partial charge in [-0.05, 0) is 12.8 Å². The summed E-state index contributed by atoms with van der Waals surface area (Å²) in [7, 11) is 1.25. The van der Waals surface area contributed by atoms with E-state index in [2.05, 4.69) is 14.7 Å². The first kappa shape index (κ1) is 11.9. The third-order valence-electron chi connectivity index (χ3n) is 1.89. The molecule has 0 bridgehead atoms. The van der Waals surface area contributed by atoms with Gasteiger partial charge in [-0.2, -0.15) is 5.26 Å². The molecule has 5 nitrogen and oxygen atoms in total. The summed E-state index contributed by atoms with van der Waals surface area (Å²) in [4.78, 5) is 19.0. The maximum absolute atomic E-state index is 11.0. The molecule has 0 aliphatic carbocycles. The van der Waals surface area contributed by atoms with Crippen molar-refractivity contribution >= 4 is 5.97 Å². The number of ether oxygens (including phenoxy) is 1. The van der Waals surface area contributed by atoms with Crippen molar-refractivity contribution in [2.45, 2.75) is 12.8 Å². The lowest BCUT2D eigenvalue weighted by Gasteiger charge is -1.97. The van der Waals surface area contributed by atoms with Gasteiger partial charge in [-0.25, -0.2) is 4.79 Å². The molecule has 1 rings (SSSR count). The molecule has 0 unspecified atom stereocenters. The Labute approximate surface area is 93.4 Å². The molecule has 0 aliphatic heterocycles. The van der Waals surface area contributed by atoms with Crippen LogP contribution in [0.5, 0.6) is 0 Å². The molecule has 0 atom stereocenters. The van der Waals surface area contributed by atoms with Crippen molar-refractivity contribution < 1.29 is 9.53 Å². The van der Waals surface area contributed by atoms with E-state index in [1.807, 2.05) is 0 Å². The van der Waals surface area contributed by atoms with Crippen molar-refractivity contribution in [3.8, 4) is 6.07 Å². The van der Waals surface area contributed by atoms with Gasteiger partial charge >= 0.3 is 5.97 Å². The van der Waals surface area contributed by atoms with Crippen molar-refractivity contribution in [2.75, 3.05) is 7.11 Å². The number of aryl methyl sites for hydroxylation is 1. The Morgan fingerprint density at radius 3 is 3.00 bits per heavy atom. The molecule has 0 aromatic carbocycles. The van der Waals surface area contributed by atoms with Crippen LogP contribution in [0.25, 0.3) is 0 Å². The standard InChI is InChI=1S/C11H11N3O2/c1-16-11(15)9(7-12)3-2-4-10-8-13-5-6-14-10/h3,5-6,8H,2,4H2,1H3. The van der Waals surface area contributed by atoms with E-state index in [0.29, 0.717) is 12.8 Å². The monoisotopic (exact) mass is 217 g/mol. The van der Waals surface area contributed by atoms with E-state index in [1.165, 1.54) is 7.11 Å². The van der Waals surface area contributed by atoms with Gasteiger partial charge in [0, 0.05) is 18.6 Å². The Bertz CT molecular complexity index is 421. The third kappa shape index (κ3) is 3.50. The summed E-state index contributed by atoms with van der Waals surface area (Å²) in [5, 5.41) is 8.68. The molecule has 0 amide bonds. The summed E-state index contributed by atoms with van der Waals surface area (Å²) in [5.41, 5.74) is 0.840. The molecule has 1 aromatic heterocycles. The Morgan fingerprint density at radius 1 is 1.62 bits per heavy atom. The smallest absolute Gasteiger partial charge is 0.348 e. The van der Waals surface area contributed by atoms with E-state index in [4.69, 9.17) is 5.26 Å². The highest BCUT2D eigenvalue weighted by Gasteiger charge is 2.07. The number of nitriles is 1. The number of rotatable bonds is 4. The largest absolute Gasteiger partial charge is 0.465 e. The SMILES string of the molecule is COC(=O)C(C#N)=CCCc1cnccn1. The van der Waals surface area contributed by atoms with Gasteiger partial charge < -0.3 is 4.74 Å². The second-order valence-electron chi connectivity index (χ2n) is 2.96. The first-order valence-electron chi connectivity index (χ1n) is 4.71. The van der Waals surface area contributed by atoms with Gasteiger partial charge in [0.15, 0.2) is 0 Å². The topological polar surface area (TPSA) is 75.9 Å². The predicted octanol–water partition coefficient (Wildman–Crippen LogP) is 1.03. The van der Waals surface area contributed by atoms with E-state index >= 15 is 0 Å². The van der Waals surface area contributed by atoms with E-state index in [9.17, 15) is 4.79 Å². The number of methoxy groups -OCH3 is 1. The molecule has 0 radical (unpaired) electrons. The van der Waals surface area contributed by atoms with Crippen LogP contribution in [0.15, 0.2) is 30.2 Å². The molecule has 1 aromatic rings. The summed E-state index contributed by atoms with van der Waals surface area (Å²) in [5.74, 6) is -0.610. The fraction of sp³-hybridized carbons (Fsp3) is 0.273. The molecule has 1 heterocycles. The third-order valence-corrected chi connectivity index (χ3v) is 1.89. The highest BCUT2D eigenvalue weighted by Crippen LogP contribution is 2.02. The van der Waals surface area contributed by atoms with Crippen molar-refractivity contribution in [3.05, 3.63) is 35.9 Å². The van der Waals surface area contributed by atoms with Crippen molar-refractivity contribution in [1.29, 1.82) is 5.26 Å². The zero-order chi connectivity index (χ0) is 11.8. The maximum atomic E-state index is 11.0. The van der Waals surface area contributed by atoms with Gasteiger partial charge in [0.1, 0.15) is 11.6 Å². The molecule has 0 spiro atoms. The average Bonchev–Trinajstić information content (AvgIpc) is 2.35. The van der Waals surface area contributed by atoms with Gasteiger partial charge in [-0.3, -0.25) is 9.97 Å². The van der Waals surface area contributed by atoms with E-state index in [1.54, 1.807) is 30.7 Å². The zero-order valence-corrected chi connectivity index (χ0v) is 8.88. The predicted molar refractivity (Wildman–Crippen MR) is 56.1 cm³/mol. The minimum Gasteiger partial charge on any atom is -0.465 e. The molecule has 0 saturated carbocycles. The number of esters is 1. The van der Waals surface area contributed by atoms with Crippen LogP contribution in [0.2, 0.25) is 0 Å². The van der Waals surface area contributed by atoms with Gasteiger partial charge in [-0.15, -0.1) is 0 Å². The summed E-state index contributed by atoms with van der Waals surface area (Å²) in [6.07, 6.45) is 7.57. The molecule has 0 saturated heterocycles. The minimum atomic E-state index is -0.610. The molecule has 16 heavy (non-hydrogen) atoms. The normalized spacial score (nSPS) is 10.6. The van der Waals surface area contributed by atoms with Crippen LogP contribution in [0.1, 0.15) is 12.1 Å². The minimum absolute atomic E-state index is 0.0198. The lowest BCUT2D eigenvalue weighted by molar-refractivity contribution is -0.135.